The standard InChI is InChI=1S/C18H15F2N/c1-11-6-7-12(10-17(11)20)18(21)15-8-9-16(19)14-5-3-2-4-13(14)15/h2-10,18H,21H2,1H3. The molecule has 0 aliphatic heterocycles. The summed E-state index contributed by atoms with van der Waals surface area (Å²) in [6.45, 7) is 1.71. The molecule has 0 amide bonds. The second-order valence-electron chi connectivity index (χ2n) is 5.17. The Balaban J connectivity index is 2.15. The summed E-state index contributed by atoms with van der Waals surface area (Å²) in [5.41, 5.74) is 8.30. The van der Waals surface area contributed by atoms with Crippen molar-refractivity contribution in [3.8, 4) is 0 Å². The fourth-order valence-corrected chi connectivity index (χ4v) is 2.54. The van der Waals surface area contributed by atoms with Gasteiger partial charge in [-0.3, -0.25) is 0 Å². The maximum Gasteiger partial charge on any atom is 0.131 e. The van der Waals surface area contributed by atoms with Crippen molar-refractivity contribution in [1.29, 1.82) is 0 Å². The Bertz CT molecular complexity index is 811. The van der Waals surface area contributed by atoms with Gasteiger partial charge in [-0.25, -0.2) is 8.78 Å². The van der Waals surface area contributed by atoms with Crippen molar-refractivity contribution in [1.82, 2.24) is 0 Å². The van der Waals surface area contributed by atoms with Crippen LogP contribution in [0.15, 0.2) is 54.6 Å². The highest BCUT2D eigenvalue weighted by atomic mass is 19.1. The smallest absolute Gasteiger partial charge is 0.131 e. The molecule has 3 aromatic carbocycles. The number of fused-ring (bicyclic) bond motifs is 1. The summed E-state index contributed by atoms with van der Waals surface area (Å²) in [5.74, 6) is -0.564. The first-order valence-electron chi connectivity index (χ1n) is 6.76. The van der Waals surface area contributed by atoms with Gasteiger partial charge in [0.1, 0.15) is 11.6 Å². The summed E-state index contributed by atoms with van der Waals surface area (Å²) in [6.07, 6.45) is 0. The van der Waals surface area contributed by atoms with E-state index in [9.17, 15) is 8.78 Å². The molecule has 1 unspecified atom stereocenters. The summed E-state index contributed by atoms with van der Waals surface area (Å²) in [7, 11) is 0. The molecule has 21 heavy (non-hydrogen) atoms. The summed E-state index contributed by atoms with van der Waals surface area (Å²) >= 11 is 0. The van der Waals surface area contributed by atoms with E-state index in [0.29, 0.717) is 16.5 Å². The highest BCUT2D eigenvalue weighted by molar-refractivity contribution is 5.87. The second-order valence-corrected chi connectivity index (χ2v) is 5.17. The Morgan fingerprint density at radius 3 is 2.29 bits per heavy atom. The van der Waals surface area contributed by atoms with Gasteiger partial charge in [-0.15, -0.1) is 0 Å². The van der Waals surface area contributed by atoms with Crippen LogP contribution in [0.1, 0.15) is 22.7 Å². The molecule has 3 heteroatoms. The average molecular weight is 283 g/mol. The Morgan fingerprint density at radius 1 is 0.857 bits per heavy atom. The van der Waals surface area contributed by atoms with Crippen LogP contribution in [0.3, 0.4) is 0 Å². The highest BCUT2D eigenvalue weighted by Gasteiger charge is 2.15. The molecule has 0 radical (unpaired) electrons. The predicted molar refractivity (Wildman–Crippen MR) is 81.1 cm³/mol. The topological polar surface area (TPSA) is 26.0 Å². The van der Waals surface area contributed by atoms with E-state index < -0.39 is 6.04 Å². The Morgan fingerprint density at radius 2 is 1.57 bits per heavy atom. The van der Waals surface area contributed by atoms with E-state index in [0.717, 1.165) is 10.9 Å². The molecular weight excluding hydrogens is 268 g/mol. The van der Waals surface area contributed by atoms with Gasteiger partial charge in [0, 0.05) is 5.39 Å². The molecule has 0 saturated heterocycles. The molecule has 0 heterocycles. The monoisotopic (exact) mass is 283 g/mol. The fourth-order valence-electron chi connectivity index (χ4n) is 2.54. The van der Waals surface area contributed by atoms with Crippen molar-refractivity contribution in [2.45, 2.75) is 13.0 Å². The van der Waals surface area contributed by atoms with E-state index in [4.69, 9.17) is 5.73 Å². The van der Waals surface area contributed by atoms with Crippen LogP contribution in [-0.4, -0.2) is 0 Å². The average Bonchev–Trinajstić information content (AvgIpc) is 2.50. The van der Waals surface area contributed by atoms with Crippen molar-refractivity contribution in [2.75, 3.05) is 0 Å². The number of halogens is 2. The van der Waals surface area contributed by atoms with Gasteiger partial charge in [0.15, 0.2) is 0 Å². The molecule has 1 nitrogen and oxygen atoms in total. The lowest BCUT2D eigenvalue weighted by Crippen LogP contribution is -2.13. The van der Waals surface area contributed by atoms with Crippen LogP contribution >= 0.6 is 0 Å². The zero-order valence-electron chi connectivity index (χ0n) is 11.6. The third-order valence-electron chi connectivity index (χ3n) is 3.79. The summed E-state index contributed by atoms with van der Waals surface area (Å²) < 4.78 is 27.6. The molecule has 0 fully saturated rings. The molecule has 1 atom stereocenters. The Hall–Kier alpha value is -2.26. The first-order chi connectivity index (χ1) is 10.1. The molecule has 0 spiro atoms. The minimum atomic E-state index is -0.495. The van der Waals surface area contributed by atoms with Crippen molar-refractivity contribution in [2.24, 2.45) is 5.73 Å². The lowest BCUT2D eigenvalue weighted by atomic mass is 9.93. The maximum absolute atomic E-state index is 13.8. The third-order valence-corrected chi connectivity index (χ3v) is 3.79. The van der Waals surface area contributed by atoms with Crippen LogP contribution in [0.2, 0.25) is 0 Å². The number of nitrogens with two attached hydrogens (primary N) is 1. The predicted octanol–water partition coefficient (Wildman–Crippen LogP) is 4.47. The van der Waals surface area contributed by atoms with E-state index in [2.05, 4.69) is 0 Å². The molecule has 106 valence electrons. The zero-order valence-corrected chi connectivity index (χ0v) is 11.6. The fraction of sp³-hybridized carbons (Fsp3) is 0.111. The highest BCUT2D eigenvalue weighted by Crippen LogP contribution is 2.29. The molecule has 0 bridgehead atoms. The number of hydrogen-bond donors (Lipinski definition) is 1. The number of aryl methyl sites for hydroxylation is 1. The van der Waals surface area contributed by atoms with Gasteiger partial charge in [0.25, 0.3) is 0 Å². The lowest BCUT2D eigenvalue weighted by molar-refractivity contribution is 0.614. The first kappa shape index (κ1) is 13.7. The van der Waals surface area contributed by atoms with Gasteiger partial charge in [-0.05, 0) is 41.1 Å². The number of benzene rings is 3. The third kappa shape index (κ3) is 2.41. The Kier molecular flexibility index (Phi) is 3.43. The molecule has 3 aromatic rings. The van der Waals surface area contributed by atoms with Gasteiger partial charge in [0.05, 0.1) is 6.04 Å². The quantitative estimate of drug-likeness (QED) is 0.737. The molecule has 0 aliphatic carbocycles. The van der Waals surface area contributed by atoms with Gasteiger partial charge >= 0.3 is 0 Å². The minimum Gasteiger partial charge on any atom is -0.320 e. The zero-order chi connectivity index (χ0) is 15.0. The molecule has 2 N–H and O–H groups in total. The van der Waals surface area contributed by atoms with Gasteiger partial charge in [0.2, 0.25) is 0 Å². The maximum atomic E-state index is 13.8. The summed E-state index contributed by atoms with van der Waals surface area (Å²) in [5, 5.41) is 1.28. The summed E-state index contributed by atoms with van der Waals surface area (Å²) in [4.78, 5) is 0. The van der Waals surface area contributed by atoms with Crippen LogP contribution in [0.25, 0.3) is 10.8 Å². The molecule has 0 saturated carbocycles. The van der Waals surface area contributed by atoms with E-state index in [1.54, 1.807) is 37.3 Å². The molecule has 0 aliphatic rings. The van der Waals surface area contributed by atoms with Crippen molar-refractivity contribution < 1.29 is 8.78 Å². The lowest BCUT2D eigenvalue weighted by Gasteiger charge is -2.16. The SMILES string of the molecule is Cc1ccc(C(N)c2ccc(F)c3ccccc23)cc1F. The van der Waals surface area contributed by atoms with Gasteiger partial charge in [-0.2, -0.15) is 0 Å². The minimum absolute atomic E-state index is 0.281. The van der Waals surface area contributed by atoms with E-state index in [1.807, 2.05) is 12.1 Å². The van der Waals surface area contributed by atoms with Crippen LogP contribution in [0, 0.1) is 18.6 Å². The van der Waals surface area contributed by atoms with Crippen LogP contribution in [0.4, 0.5) is 8.78 Å². The van der Waals surface area contributed by atoms with Gasteiger partial charge < -0.3 is 5.73 Å². The van der Waals surface area contributed by atoms with Crippen LogP contribution in [-0.2, 0) is 0 Å². The Labute approximate surface area is 122 Å². The van der Waals surface area contributed by atoms with Crippen molar-refractivity contribution in [3.63, 3.8) is 0 Å². The van der Waals surface area contributed by atoms with E-state index in [1.165, 1.54) is 12.1 Å². The second kappa shape index (κ2) is 5.26. The van der Waals surface area contributed by atoms with Crippen molar-refractivity contribution in [3.05, 3.63) is 82.9 Å². The largest absolute Gasteiger partial charge is 0.320 e. The molecule has 0 aromatic heterocycles. The van der Waals surface area contributed by atoms with Gasteiger partial charge in [-0.1, -0.05) is 42.5 Å². The van der Waals surface area contributed by atoms with E-state index >= 15 is 0 Å². The molecular formula is C18H15F2N. The van der Waals surface area contributed by atoms with Crippen molar-refractivity contribution >= 4 is 10.8 Å². The van der Waals surface area contributed by atoms with Crippen LogP contribution < -0.4 is 5.73 Å². The first-order valence-corrected chi connectivity index (χ1v) is 6.76. The van der Waals surface area contributed by atoms with E-state index in [-0.39, 0.29) is 11.6 Å². The normalized spacial score (nSPS) is 12.6. The molecule has 3 rings (SSSR count). The number of hydrogen-bond acceptors (Lipinski definition) is 1. The summed E-state index contributed by atoms with van der Waals surface area (Å²) in [6, 6.07) is 14.7. The van der Waals surface area contributed by atoms with Crippen LogP contribution in [0.5, 0.6) is 0 Å². The number of rotatable bonds is 2.